The van der Waals surface area contributed by atoms with Gasteiger partial charge in [-0.15, -0.1) is 12.4 Å². The minimum absolute atomic E-state index is 0. The highest BCUT2D eigenvalue weighted by atomic mass is 35.5. The fraction of sp³-hybridized carbons (Fsp3) is 0.250. The molecule has 118 valence electrons. The van der Waals surface area contributed by atoms with Crippen LogP contribution in [0.25, 0.3) is 0 Å². The van der Waals surface area contributed by atoms with Gasteiger partial charge in [0.15, 0.2) is 0 Å². The van der Waals surface area contributed by atoms with Gasteiger partial charge >= 0.3 is 0 Å². The molecule has 0 aliphatic carbocycles. The van der Waals surface area contributed by atoms with Crippen LogP contribution < -0.4 is 11.1 Å². The third-order valence-electron chi connectivity index (χ3n) is 3.31. The van der Waals surface area contributed by atoms with Crippen LogP contribution in [0.1, 0.15) is 18.9 Å². The molecule has 1 amide bonds. The average molecular weight is 324 g/mol. The normalized spacial score (nSPS) is 11.4. The number of carbonyl (C=O) groups is 1. The highest BCUT2D eigenvalue weighted by molar-refractivity contribution is 5.92. The van der Waals surface area contributed by atoms with Crippen LogP contribution in [0.2, 0.25) is 0 Å². The van der Waals surface area contributed by atoms with E-state index in [9.17, 15) is 9.18 Å². The first-order chi connectivity index (χ1) is 10.1. The van der Waals surface area contributed by atoms with E-state index < -0.39 is 0 Å². The quantitative estimate of drug-likeness (QED) is 0.885. The van der Waals surface area contributed by atoms with E-state index in [2.05, 4.69) is 10.3 Å². The number of halogens is 2. The first-order valence-electron chi connectivity index (χ1n) is 6.82. The van der Waals surface area contributed by atoms with E-state index in [0.29, 0.717) is 29.9 Å². The van der Waals surface area contributed by atoms with Crippen LogP contribution in [0, 0.1) is 11.7 Å². The molecular formula is C16H19ClFN3O. The Bertz CT molecular complexity index is 619. The van der Waals surface area contributed by atoms with E-state index in [-0.39, 0.29) is 30.0 Å². The zero-order valence-corrected chi connectivity index (χ0v) is 13.1. The lowest BCUT2D eigenvalue weighted by Gasteiger charge is -2.12. The summed E-state index contributed by atoms with van der Waals surface area (Å²) in [6.45, 7) is 1.82. The number of nitrogens with zero attached hydrogens (tertiary/aromatic N) is 1. The van der Waals surface area contributed by atoms with Gasteiger partial charge in [0, 0.05) is 5.92 Å². The predicted molar refractivity (Wildman–Crippen MR) is 88.4 cm³/mol. The maximum atomic E-state index is 13.5. The van der Waals surface area contributed by atoms with Crippen molar-refractivity contribution in [1.29, 1.82) is 0 Å². The Morgan fingerprint density at radius 3 is 2.68 bits per heavy atom. The number of rotatable bonds is 5. The van der Waals surface area contributed by atoms with Crippen LogP contribution in [-0.4, -0.2) is 10.9 Å². The second-order valence-electron chi connectivity index (χ2n) is 4.99. The summed E-state index contributed by atoms with van der Waals surface area (Å²) in [4.78, 5) is 15.9. The third-order valence-corrected chi connectivity index (χ3v) is 3.31. The zero-order valence-electron chi connectivity index (χ0n) is 12.3. The van der Waals surface area contributed by atoms with Gasteiger partial charge < -0.3 is 11.1 Å². The van der Waals surface area contributed by atoms with Crippen molar-refractivity contribution in [1.82, 2.24) is 4.98 Å². The van der Waals surface area contributed by atoms with Gasteiger partial charge in [-0.1, -0.05) is 25.1 Å². The molecule has 1 atom stereocenters. The van der Waals surface area contributed by atoms with Crippen molar-refractivity contribution in [3.63, 3.8) is 0 Å². The molecule has 3 N–H and O–H groups in total. The molecule has 0 bridgehead atoms. The molecule has 1 unspecified atom stereocenters. The summed E-state index contributed by atoms with van der Waals surface area (Å²) >= 11 is 0. The van der Waals surface area contributed by atoms with Gasteiger partial charge in [-0.2, -0.15) is 0 Å². The SMILES string of the molecule is CC(CCc1ccccc1F)C(=O)Nc1ccc(N)nc1.Cl. The van der Waals surface area contributed by atoms with Gasteiger partial charge in [0.1, 0.15) is 11.6 Å². The molecule has 1 heterocycles. The van der Waals surface area contributed by atoms with Crippen molar-refractivity contribution in [3.8, 4) is 0 Å². The van der Waals surface area contributed by atoms with Gasteiger partial charge in [-0.25, -0.2) is 9.37 Å². The highest BCUT2D eigenvalue weighted by Crippen LogP contribution is 2.15. The van der Waals surface area contributed by atoms with Gasteiger partial charge in [0.2, 0.25) is 5.91 Å². The maximum Gasteiger partial charge on any atom is 0.227 e. The molecule has 22 heavy (non-hydrogen) atoms. The Labute approximate surface area is 135 Å². The zero-order chi connectivity index (χ0) is 15.2. The number of nitrogens with one attached hydrogen (secondary N) is 1. The first-order valence-corrected chi connectivity index (χ1v) is 6.82. The second kappa shape index (κ2) is 8.34. The Hall–Kier alpha value is -2.14. The van der Waals surface area contributed by atoms with E-state index >= 15 is 0 Å². The standard InChI is InChI=1S/C16H18FN3O.ClH/c1-11(6-7-12-4-2-3-5-14(12)17)16(21)20-13-8-9-15(18)19-10-13;/h2-5,8-11H,6-7H2,1H3,(H2,18,19)(H,20,21);1H. The molecule has 4 nitrogen and oxygen atoms in total. The van der Waals surface area contributed by atoms with Crippen LogP contribution in [0.4, 0.5) is 15.9 Å². The Kier molecular flexibility index (Phi) is 6.79. The molecular weight excluding hydrogens is 305 g/mol. The molecule has 0 aliphatic rings. The minimum atomic E-state index is -0.229. The van der Waals surface area contributed by atoms with E-state index in [0.717, 1.165) is 0 Å². The molecule has 0 spiro atoms. The fourth-order valence-corrected chi connectivity index (χ4v) is 1.95. The van der Waals surface area contributed by atoms with E-state index in [1.165, 1.54) is 12.3 Å². The van der Waals surface area contributed by atoms with Crippen LogP contribution in [-0.2, 0) is 11.2 Å². The van der Waals surface area contributed by atoms with Crippen molar-refractivity contribution >= 4 is 29.8 Å². The Balaban J connectivity index is 0.00000242. The second-order valence-corrected chi connectivity index (χ2v) is 4.99. The lowest BCUT2D eigenvalue weighted by atomic mass is 10.00. The summed E-state index contributed by atoms with van der Waals surface area (Å²) in [7, 11) is 0. The largest absolute Gasteiger partial charge is 0.384 e. The summed E-state index contributed by atoms with van der Waals surface area (Å²) in [5.41, 5.74) is 6.72. The number of pyridine rings is 1. The van der Waals surface area contributed by atoms with E-state index in [1.54, 1.807) is 30.3 Å². The predicted octanol–water partition coefficient (Wildman–Crippen LogP) is 3.43. The number of amides is 1. The Morgan fingerprint density at radius 1 is 1.32 bits per heavy atom. The summed E-state index contributed by atoms with van der Waals surface area (Å²) in [5, 5.41) is 2.77. The molecule has 1 aromatic heterocycles. The number of carbonyl (C=O) groups excluding carboxylic acids is 1. The number of hydrogen-bond acceptors (Lipinski definition) is 3. The topological polar surface area (TPSA) is 68.0 Å². The van der Waals surface area contributed by atoms with Crippen molar-refractivity contribution in [2.45, 2.75) is 19.8 Å². The number of aromatic nitrogens is 1. The lowest BCUT2D eigenvalue weighted by Crippen LogP contribution is -2.21. The Morgan fingerprint density at radius 2 is 2.05 bits per heavy atom. The van der Waals surface area contributed by atoms with Crippen LogP contribution in [0.5, 0.6) is 0 Å². The van der Waals surface area contributed by atoms with Crippen LogP contribution in [0.15, 0.2) is 42.6 Å². The van der Waals surface area contributed by atoms with Crippen molar-refractivity contribution < 1.29 is 9.18 Å². The molecule has 1 aromatic carbocycles. The molecule has 0 saturated heterocycles. The van der Waals surface area contributed by atoms with Crippen molar-refractivity contribution in [2.24, 2.45) is 5.92 Å². The van der Waals surface area contributed by atoms with Crippen LogP contribution >= 0.6 is 12.4 Å². The lowest BCUT2D eigenvalue weighted by molar-refractivity contribution is -0.119. The molecule has 0 aliphatic heterocycles. The van der Waals surface area contributed by atoms with Gasteiger partial charge in [0.05, 0.1) is 11.9 Å². The maximum absolute atomic E-state index is 13.5. The number of nitrogens with two attached hydrogens (primary N) is 1. The number of anilines is 2. The van der Waals surface area contributed by atoms with Gasteiger partial charge in [0.25, 0.3) is 0 Å². The fourth-order valence-electron chi connectivity index (χ4n) is 1.95. The molecule has 0 fully saturated rings. The highest BCUT2D eigenvalue weighted by Gasteiger charge is 2.14. The minimum Gasteiger partial charge on any atom is -0.384 e. The van der Waals surface area contributed by atoms with Crippen molar-refractivity contribution in [3.05, 3.63) is 54.0 Å². The summed E-state index contributed by atoms with van der Waals surface area (Å²) < 4.78 is 13.5. The van der Waals surface area contributed by atoms with Gasteiger partial charge in [-0.3, -0.25) is 4.79 Å². The molecule has 0 radical (unpaired) electrons. The summed E-state index contributed by atoms with van der Waals surface area (Å²) in [6, 6.07) is 9.94. The smallest absolute Gasteiger partial charge is 0.227 e. The van der Waals surface area contributed by atoms with Crippen LogP contribution in [0.3, 0.4) is 0 Å². The monoisotopic (exact) mass is 323 g/mol. The number of hydrogen-bond donors (Lipinski definition) is 2. The number of nitrogen functional groups attached to an aromatic ring is 1. The molecule has 2 aromatic rings. The number of aryl methyl sites for hydroxylation is 1. The van der Waals surface area contributed by atoms with E-state index in [4.69, 9.17) is 5.73 Å². The average Bonchev–Trinajstić information content (AvgIpc) is 2.48. The third kappa shape index (κ3) is 5.00. The molecule has 0 saturated carbocycles. The summed E-state index contributed by atoms with van der Waals surface area (Å²) in [6.07, 6.45) is 2.62. The molecule has 6 heteroatoms. The molecule has 2 rings (SSSR count). The first kappa shape index (κ1) is 17.9. The van der Waals surface area contributed by atoms with Crippen molar-refractivity contribution in [2.75, 3.05) is 11.1 Å². The van der Waals surface area contributed by atoms with E-state index in [1.807, 2.05) is 6.92 Å². The summed E-state index contributed by atoms with van der Waals surface area (Å²) in [5.74, 6) is -0.159. The van der Waals surface area contributed by atoms with Gasteiger partial charge in [-0.05, 0) is 36.6 Å². The number of benzene rings is 1.